The van der Waals surface area contributed by atoms with Crippen LogP contribution in [0.4, 0.5) is 0 Å². The highest BCUT2D eigenvalue weighted by molar-refractivity contribution is 9.10. The molecular weight excluding hydrogens is 322 g/mol. The lowest BCUT2D eigenvalue weighted by atomic mass is 10.3. The van der Waals surface area contributed by atoms with Crippen molar-refractivity contribution in [2.24, 2.45) is 0 Å². The van der Waals surface area contributed by atoms with Gasteiger partial charge in [-0.3, -0.25) is 4.79 Å². The molecule has 0 aromatic carbocycles. The van der Waals surface area contributed by atoms with E-state index in [1.165, 1.54) is 6.20 Å². The minimum Gasteiger partial charge on any atom is -0.353 e. The Labute approximate surface area is 123 Å². The number of halogens is 1. The SMILES string of the molecule is O=C(NCCn1cccc1)c1cnn2cc(Br)cnc12. The molecule has 20 heavy (non-hydrogen) atoms. The van der Waals surface area contributed by atoms with Gasteiger partial charge < -0.3 is 9.88 Å². The summed E-state index contributed by atoms with van der Waals surface area (Å²) in [4.78, 5) is 16.3. The van der Waals surface area contributed by atoms with Gasteiger partial charge in [0.25, 0.3) is 5.91 Å². The monoisotopic (exact) mass is 333 g/mol. The van der Waals surface area contributed by atoms with Crippen molar-refractivity contribution in [2.75, 3.05) is 6.54 Å². The number of hydrogen-bond acceptors (Lipinski definition) is 3. The number of aromatic nitrogens is 4. The Morgan fingerprint density at radius 2 is 2.10 bits per heavy atom. The topological polar surface area (TPSA) is 64.2 Å². The maximum absolute atomic E-state index is 12.1. The molecule has 3 rings (SSSR count). The van der Waals surface area contributed by atoms with Crippen LogP contribution in [0.25, 0.3) is 5.65 Å². The Morgan fingerprint density at radius 1 is 1.30 bits per heavy atom. The summed E-state index contributed by atoms with van der Waals surface area (Å²) in [6.45, 7) is 1.29. The molecule has 0 fully saturated rings. The van der Waals surface area contributed by atoms with E-state index in [4.69, 9.17) is 0 Å². The highest BCUT2D eigenvalue weighted by Gasteiger charge is 2.13. The molecule has 0 radical (unpaired) electrons. The van der Waals surface area contributed by atoms with Crippen molar-refractivity contribution >= 4 is 27.5 Å². The van der Waals surface area contributed by atoms with Crippen molar-refractivity contribution in [3.05, 3.63) is 53.2 Å². The summed E-state index contributed by atoms with van der Waals surface area (Å²) in [6, 6.07) is 3.91. The molecule has 0 saturated heterocycles. The summed E-state index contributed by atoms with van der Waals surface area (Å²) in [5.41, 5.74) is 1.02. The molecule has 3 aromatic heterocycles. The number of amides is 1. The first kappa shape index (κ1) is 12.9. The van der Waals surface area contributed by atoms with Gasteiger partial charge in [0.05, 0.1) is 10.7 Å². The van der Waals surface area contributed by atoms with E-state index >= 15 is 0 Å². The van der Waals surface area contributed by atoms with Crippen molar-refractivity contribution < 1.29 is 4.79 Å². The second-order valence-corrected chi connectivity index (χ2v) is 5.19. The Bertz CT molecular complexity index is 734. The van der Waals surface area contributed by atoms with Crippen LogP contribution < -0.4 is 5.32 Å². The molecule has 0 bridgehead atoms. The van der Waals surface area contributed by atoms with Crippen LogP contribution >= 0.6 is 15.9 Å². The van der Waals surface area contributed by atoms with E-state index < -0.39 is 0 Å². The minimum absolute atomic E-state index is 0.165. The molecule has 3 aromatic rings. The Balaban J connectivity index is 1.69. The number of nitrogens with zero attached hydrogens (tertiary/aromatic N) is 4. The molecule has 6 nitrogen and oxygen atoms in total. The summed E-state index contributed by atoms with van der Waals surface area (Å²) in [6.07, 6.45) is 8.85. The molecule has 0 aliphatic carbocycles. The van der Waals surface area contributed by atoms with E-state index in [2.05, 4.69) is 31.3 Å². The Kier molecular flexibility index (Phi) is 3.51. The van der Waals surface area contributed by atoms with Crippen LogP contribution in [0, 0.1) is 0 Å². The molecule has 0 unspecified atom stereocenters. The van der Waals surface area contributed by atoms with Crippen LogP contribution in [-0.2, 0) is 6.54 Å². The third-order valence-electron chi connectivity index (χ3n) is 2.89. The zero-order chi connectivity index (χ0) is 13.9. The second-order valence-electron chi connectivity index (χ2n) is 4.28. The van der Waals surface area contributed by atoms with Crippen LogP contribution in [0.5, 0.6) is 0 Å². The Morgan fingerprint density at radius 3 is 2.90 bits per heavy atom. The largest absolute Gasteiger partial charge is 0.353 e. The number of carbonyl (C=O) groups excluding carboxylic acids is 1. The molecule has 3 heterocycles. The molecule has 0 atom stereocenters. The van der Waals surface area contributed by atoms with E-state index in [0.717, 1.165) is 11.0 Å². The lowest BCUT2D eigenvalue weighted by Gasteiger charge is -2.05. The summed E-state index contributed by atoms with van der Waals surface area (Å²) in [5.74, 6) is -0.165. The first-order valence-electron chi connectivity index (χ1n) is 6.12. The predicted molar refractivity (Wildman–Crippen MR) is 77.5 cm³/mol. The molecule has 0 spiro atoms. The number of carbonyl (C=O) groups is 1. The van der Waals surface area contributed by atoms with E-state index in [9.17, 15) is 4.79 Å². The number of nitrogens with one attached hydrogen (secondary N) is 1. The fraction of sp³-hybridized carbons (Fsp3) is 0.154. The maximum atomic E-state index is 12.1. The summed E-state index contributed by atoms with van der Waals surface area (Å²) < 4.78 is 4.39. The average molecular weight is 334 g/mol. The van der Waals surface area contributed by atoms with Crippen molar-refractivity contribution in [2.45, 2.75) is 6.54 Å². The number of rotatable bonds is 4. The van der Waals surface area contributed by atoms with Crippen LogP contribution in [-0.4, -0.2) is 31.6 Å². The fourth-order valence-corrected chi connectivity index (χ4v) is 2.22. The third kappa shape index (κ3) is 2.57. The maximum Gasteiger partial charge on any atom is 0.256 e. The lowest BCUT2D eigenvalue weighted by molar-refractivity contribution is 0.0953. The van der Waals surface area contributed by atoms with Gasteiger partial charge in [-0.2, -0.15) is 5.10 Å². The van der Waals surface area contributed by atoms with Crippen molar-refractivity contribution in [1.82, 2.24) is 24.5 Å². The van der Waals surface area contributed by atoms with Gasteiger partial charge >= 0.3 is 0 Å². The second kappa shape index (κ2) is 5.46. The summed E-state index contributed by atoms with van der Waals surface area (Å²) >= 11 is 3.32. The van der Waals surface area contributed by atoms with Crippen molar-refractivity contribution in [3.63, 3.8) is 0 Å². The third-order valence-corrected chi connectivity index (χ3v) is 3.30. The lowest BCUT2D eigenvalue weighted by Crippen LogP contribution is -2.27. The van der Waals surface area contributed by atoms with Crippen LogP contribution in [0.15, 0.2) is 47.6 Å². The highest BCUT2D eigenvalue weighted by Crippen LogP contribution is 2.12. The van der Waals surface area contributed by atoms with E-state index in [1.807, 2.05) is 29.1 Å². The van der Waals surface area contributed by atoms with Crippen LogP contribution in [0.2, 0.25) is 0 Å². The summed E-state index contributed by atoms with van der Waals surface area (Å²) in [5, 5.41) is 6.98. The summed E-state index contributed by atoms with van der Waals surface area (Å²) in [7, 11) is 0. The molecule has 1 amide bonds. The first-order valence-corrected chi connectivity index (χ1v) is 6.91. The molecule has 0 saturated carbocycles. The van der Waals surface area contributed by atoms with E-state index in [-0.39, 0.29) is 5.91 Å². The average Bonchev–Trinajstić information content (AvgIpc) is 3.07. The molecule has 1 N–H and O–H groups in total. The standard InChI is InChI=1S/C13H12BrN5O/c14-10-7-16-12-11(8-17-19(12)9-10)13(20)15-3-6-18-4-1-2-5-18/h1-2,4-5,7-9H,3,6H2,(H,15,20). The molecule has 0 aliphatic heterocycles. The van der Waals surface area contributed by atoms with Gasteiger partial charge in [0.15, 0.2) is 5.65 Å². The van der Waals surface area contributed by atoms with Crippen LogP contribution in [0.1, 0.15) is 10.4 Å². The fourth-order valence-electron chi connectivity index (χ4n) is 1.93. The molecular formula is C13H12BrN5O. The number of hydrogen-bond donors (Lipinski definition) is 1. The van der Waals surface area contributed by atoms with E-state index in [0.29, 0.717) is 17.8 Å². The van der Waals surface area contributed by atoms with E-state index in [1.54, 1.807) is 16.9 Å². The zero-order valence-electron chi connectivity index (χ0n) is 10.5. The molecule has 0 aliphatic rings. The van der Waals surface area contributed by atoms with Crippen molar-refractivity contribution in [1.29, 1.82) is 0 Å². The van der Waals surface area contributed by atoms with Gasteiger partial charge in [-0.05, 0) is 28.1 Å². The van der Waals surface area contributed by atoms with Gasteiger partial charge in [-0.1, -0.05) is 0 Å². The van der Waals surface area contributed by atoms with Crippen LogP contribution in [0.3, 0.4) is 0 Å². The highest BCUT2D eigenvalue weighted by atomic mass is 79.9. The number of fused-ring (bicyclic) bond motifs is 1. The zero-order valence-corrected chi connectivity index (χ0v) is 12.1. The Hall–Kier alpha value is -2.15. The molecule has 7 heteroatoms. The van der Waals surface area contributed by atoms with Gasteiger partial charge in [0, 0.05) is 37.9 Å². The van der Waals surface area contributed by atoms with Gasteiger partial charge in [0.2, 0.25) is 0 Å². The molecule has 102 valence electrons. The van der Waals surface area contributed by atoms with Gasteiger partial charge in [-0.25, -0.2) is 9.50 Å². The van der Waals surface area contributed by atoms with Crippen molar-refractivity contribution in [3.8, 4) is 0 Å². The van der Waals surface area contributed by atoms with Gasteiger partial charge in [-0.15, -0.1) is 0 Å². The normalized spacial score (nSPS) is 10.8. The predicted octanol–water partition coefficient (Wildman–Crippen LogP) is 1.72. The quantitative estimate of drug-likeness (QED) is 0.790. The minimum atomic E-state index is -0.165. The first-order chi connectivity index (χ1) is 9.74. The van der Waals surface area contributed by atoms with Gasteiger partial charge in [0.1, 0.15) is 5.56 Å². The smallest absolute Gasteiger partial charge is 0.256 e.